The Kier molecular flexibility index (Phi) is 3.43. The van der Waals surface area contributed by atoms with E-state index in [1.165, 1.54) is 0 Å². The minimum absolute atomic E-state index is 0.284. The number of aliphatic hydroxyl groups excluding tert-OH is 1. The zero-order valence-electron chi connectivity index (χ0n) is 11.3. The van der Waals surface area contributed by atoms with Crippen LogP contribution in [0.3, 0.4) is 0 Å². The largest absolute Gasteiger partial charge is 0.390 e. The molecule has 0 fully saturated rings. The van der Waals surface area contributed by atoms with Crippen LogP contribution >= 0.6 is 0 Å². The molecule has 104 valence electrons. The summed E-state index contributed by atoms with van der Waals surface area (Å²) < 4.78 is 0. The Labute approximate surface area is 122 Å². The summed E-state index contributed by atoms with van der Waals surface area (Å²) in [5.74, 6) is -0.284. The molecule has 1 aliphatic rings. The second-order valence-corrected chi connectivity index (χ2v) is 5.11. The maximum Gasteiger partial charge on any atom is 0.251 e. The molecule has 21 heavy (non-hydrogen) atoms. The molecule has 0 unspecified atom stereocenters. The first-order valence-corrected chi connectivity index (χ1v) is 6.76. The van der Waals surface area contributed by atoms with Crippen LogP contribution in [0, 0.1) is 11.3 Å². The lowest BCUT2D eigenvalue weighted by molar-refractivity contribution is 0.0858. The lowest BCUT2D eigenvalue weighted by atomic mass is 10.1. The third-order valence-electron chi connectivity index (χ3n) is 3.74. The van der Waals surface area contributed by atoms with Gasteiger partial charge in [0.05, 0.1) is 23.8 Å². The van der Waals surface area contributed by atoms with Crippen molar-refractivity contribution in [2.45, 2.75) is 18.6 Å². The number of nitrogens with one attached hydrogen (secondary N) is 1. The van der Waals surface area contributed by atoms with Crippen LogP contribution in [0.1, 0.15) is 33.1 Å². The Hall–Kier alpha value is -2.64. The molecule has 0 saturated heterocycles. The molecule has 0 aromatic heterocycles. The number of rotatable bonds is 2. The zero-order valence-corrected chi connectivity index (χ0v) is 11.3. The molecule has 2 N–H and O–H groups in total. The monoisotopic (exact) mass is 278 g/mol. The van der Waals surface area contributed by atoms with Crippen molar-refractivity contribution in [3.8, 4) is 6.07 Å². The molecule has 4 nitrogen and oxygen atoms in total. The van der Waals surface area contributed by atoms with E-state index in [0.29, 0.717) is 17.5 Å². The van der Waals surface area contributed by atoms with Gasteiger partial charge in [-0.2, -0.15) is 5.26 Å². The van der Waals surface area contributed by atoms with Crippen molar-refractivity contribution < 1.29 is 9.90 Å². The quantitative estimate of drug-likeness (QED) is 0.881. The Morgan fingerprint density at radius 3 is 2.86 bits per heavy atom. The average molecular weight is 278 g/mol. The third-order valence-corrected chi connectivity index (χ3v) is 3.74. The summed E-state index contributed by atoms with van der Waals surface area (Å²) in [6.45, 7) is 0. The van der Waals surface area contributed by atoms with Crippen LogP contribution in [0.25, 0.3) is 0 Å². The topological polar surface area (TPSA) is 73.1 Å². The Bertz CT molecular complexity index is 734. The maximum absolute atomic E-state index is 12.3. The summed E-state index contributed by atoms with van der Waals surface area (Å²) in [6.07, 6.45) is -0.0789. The number of hydrogen-bond acceptors (Lipinski definition) is 3. The van der Waals surface area contributed by atoms with Crippen molar-refractivity contribution >= 4 is 5.91 Å². The van der Waals surface area contributed by atoms with Gasteiger partial charge in [-0.15, -0.1) is 0 Å². The van der Waals surface area contributed by atoms with Crippen molar-refractivity contribution in [2.24, 2.45) is 0 Å². The van der Waals surface area contributed by atoms with Gasteiger partial charge >= 0.3 is 0 Å². The molecule has 2 atom stereocenters. The highest BCUT2D eigenvalue weighted by molar-refractivity contribution is 5.94. The lowest BCUT2D eigenvalue weighted by Gasteiger charge is -2.18. The zero-order chi connectivity index (χ0) is 14.8. The van der Waals surface area contributed by atoms with Gasteiger partial charge in [-0.1, -0.05) is 30.3 Å². The number of aliphatic hydroxyl groups is 1. The fourth-order valence-electron chi connectivity index (χ4n) is 2.70. The van der Waals surface area contributed by atoms with Gasteiger partial charge in [0.25, 0.3) is 5.91 Å². The van der Waals surface area contributed by atoms with Gasteiger partial charge < -0.3 is 10.4 Å². The molecule has 0 radical (unpaired) electrons. The minimum Gasteiger partial charge on any atom is -0.390 e. The van der Waals surface area contributed by atoms with Gasteiger partial charge in [0, 0.05) is 12.0 Å². The summed E-state index contributed by atoms with van der Waals surface area (Å²) in [5, 5.41) is 21.9. The van der Waals surface area contributed by atoms with E-state index in [4.69, 9.17) is 5.26 Å². The summed E-state index contributed by atoms with van der Waals surface area (Å²) in [7, 11) is 0. The van der Waals surface area contributed by atoms with Crippen LogP contribution in [-0.4, -0.2) is 17.1 Å². The van der Waals surface area contributed by atoms with Gasteiger partial charge in [-0.3, -0.25) is 4.79 Å². The molecule has 0 spiro atoms. The van der Waals surface area contributed by atoms with Crippen molar-refractivity contribution in [1.29, 1.82) is 5.26 Å². The number of nitrogens with zero attached hydrogens (tertiary/aromatic N) is 1. The van der Waals surface area contributed by atoms with E-state index in [9.17, 15) is 9.90 Å². The van der Waals surface area contributed by atoms with E-state index in [2.05, 4.69) is 5.32 Å². The Balaban J connectivity index is 1.83. The van der Waals surface area contributed by atoms with E-state index in [1.54, 1.807) is 24.3 Å². The van der Waals surface area contributed by atoms with Crippen LogP contribution in [0.4, 0.5) is 0 Å². The van der Waals surface area contributed by atoms with Gasteiger partial charge in [-0.05, 0) is 29.3 Å². The van der Waals surface area contributed by atoms with Gasteiger partial charge in [0.15, 0.2) is 0 Å². The maximum atomic E-state index is 12.3. The number of carbonyl (C=O) groups is 1. The molecule has 0 saturated carbocycles. The van der Waals surface area contributed by atoms with Gasteiger partial charge in [0.2, 0.25) is 0 Å². The lowest BCUT2D eigenvalue weighted by Crippen LogP contribution is -2.33. The normalized spacial score (nSPS) is 19.6. The first kappa shape index (κ1) is 13.3. The second kappa shape index (κ2) is 5.39. The van der Waals surface area contributed by atoms with Crippen molar-refractivity contribution in [3.63, 3.8) is 0 Å². The third kappa shape index (κ3) is 2.51. The average Bonchev–Trinajstić information content (AvgIpc) is 2.83. The molecule has 0 aliphatic heterocycles. The summed E-state index contributed by atoms with van der Waals surface area (Å²) in [5.41, 5.74) is 2.87. The first-order chi connectivity index (χ1) is 10.2. The molecule has 0 bridgehead atoms. The van der Waals surface area contributed by atoms with Gasteiger partial charge in [0.1, 0.15) is 0 Å². The first-order valence-electron chi connectivity index (χ1n) is 6.76. The fourth-order valence-corrected chi connectivity index (χ4v) is 2.70. The molecule has 2 aromatic carbocycles. The van der Waals surface area contributed by atoms with E-state index in [1.807, 2.05) is 30.3 Å². The van der Waals surface area contributed by atoms with Gasteiger partial charge in [-0.25, -0.2) is 0 Å². The molecule has 2 aromatic rings. The van der Waals surface area contributed by atoms with E-state index >= 15 is 0 Å². The Morgan fingerprint density at radius 2 is 2.05 bits per heavy atom. The summed E-state index contributed by atoms with van der Waals surface area (Å²) in [6, 6.07) is 15.8. The highest BCUT2D eigenvalue weighted by Gasteiger charge is 2.31. The van der Waals surface area contributed by atoms with Crippen molar-refractivity contribution in [1.82, 2.24) is 5.32 Å². The van der Waals surface area contributed by atoms with Crippen LogP contribution in [0.2, 0.25) is 0 Å². The summed E-state index contributed by atoms with van der Waals surface area (Å²) in [4.78, 5) is 12.3. The molecule has 4 heteroatoms. The highest BCUT2D eigenvalue weighted by atomic mass is 16.3. The molecular weight excluding hydrogens is 264 g/mol. The van der Waals surface area contributed by atoms with E-state index < -0.39 is 12.1 Å². The number of hydrogen-bond donors (Lipinski definition) is 2. The number of benzene rings is 2. The van der Waals surface area contributed by atoms with E-state index in [0.717, 1.165) is 11.1 Å². The number of carbonyl (C=O) groups excluding carboxylic acids is 1. The molecule has 1 amide bonds. The molecular formula is C17H14N2O2. The fraction of sp³-hybridized carbons (Fsp3) is 0.176. The van der Waals surface area contributed by atoms with Crippen molar-refractivity contribution in [3.05, 3.63) is 70.8 Å². The Morgan fingerprint density at radius 1 is 1.24 bits per heavy atom. The van der Waals surface area contributed by atoms with E-state index in [-0.39, 0.29) is 5.91 Å². The van der Waals surface area contributed by atoms with Crippen LogP contribution in [0.5, 0.6) is 0 Å². The number of nitriles is 1. The standard InChI is InChI=1S/C17H14N2O2/c18-10-11-4-3-6-13(8-11)17(21)19-16-14-7-2-1-5-12(14)9-15(16)20/h1-8,15-16,20H,9H2,(H,19,21)/t15-,16+/m1/s1. The molecule has 3 rings (SSSR count). The van der Waals surface area contributed by atoms with Crippen LogP contribution < -0.4 is 5.32 Å². The SMILES string of the molecule is N#Cc1cccc(C(=O)N[C@H]2c3ccccc3C[C@H]2O)c1. The number of fused-ring (bicyclic) bond motifs is 1. The summed E-state index contributed by atoms with van der Waals surface area (Å²) >= 11 is 0. The van der Waals surface area contributed by atoms with Crippen LogP contribution in [0.15, 0.2) is 48.5 Å². The minimum atomic E-state index is -0.620. The number of amides is 1. The molecule has 0 heterocycles. The second-order valence-electron chi connectivity index (χ2n) is 5.11. The highest BCUT2D eigenvalue weighted by Crippen LogP contribution is 2.31. The smallest absolute Gasteiger partial charge is 0.251 e. The van der Waals surface area contributed by atoms with Crippen molar-refractivity contribution in [2.75, 3.05) is 0 Å². The predicted molar refractivity (Wildman–Crippen MR) is 77.5 cm³/mol. The molecule has 1 aliphatic carbocycles. The predicted octanol–water partition coefficient (Wildman–Crippen LogP) is 1.95. The van der Waals surface area contributed by atoms with Crippen LogP contribution in [-0.2, 0) is 6.42 Å².